The lowest BCUT2D eigenvalue weighted by Crippen LogP contribution is -2.16. The summed E-state index contributed by atoms with van der Waals surface area (Å²) in [7, 11) is -0.00124. The molecule has 0 spiro atoms. The highest BCUT2D eigenvalue weighted by molar-refractivity contribution is 7.83. The number of thiophene rings is 1. The molecule has 6 heteroatoms. The monoisotopic (exact) mass is 335 g/mol. The number of ether oxygens (including phenoxy) is 1. The van der Waals surface area contributed by atoms with Gasteiger partial charge in [0.05, 0.1) is 18.0 Å². The Morgan fingerprint density at radius 1 is 1.23 bits per heavy atom. The molecule has 4 atom stereocenters. The molecule has 2 heterocycles. The van der Waals surface area contributed by atoms with Crippen LogP contribution in [0.1, 0.15) is 22.0 Å². The van der Waals surface area contributed by atoms with Gasteiger partial charge in [0.2, 0.25) is 0 Å². The second-order valence-electron chi connectivity index (χ2n) is 5.36. The van der Waals surface area contributed by atoms with Crippen LogP contribution in [0, 0.1) is 13.8 Å². The van der Waals surface area contributed by atoms with Crippen LogP contribution in [-0.4, -0.2) is 27.6 Å². The minimum atomic E-state index is -1.37. The molecule has 22 heavy (non-hydrogen) atoms. The summed E-state index contributed by atoms with van der Waals surface area (Å²) in [6.07, 6.45) is 0. The lowest BCUT2D eigenvalue weighted by atomic mass is 10.2. The van der Waals surface area contributed by atoms with Crippen molar-refractivity contribution in [1.29, 1.82) is 0 Å². The maximum Gasteiger partial charge on any atom is 0.326 e. The van der Waals surface area contributed by atoms with Crippen molar-refractivity contribution >= 4 is 28.3 Å². The van der Waals surface area contributed by atoms with Gasteiger partial charge in [0, 0.05) is 4.88 Å². The highest BCUT2D eigenvalue weighted by Crippen LogP contribution is 2.48. The van der Waals surface area contributed by atoms with Gasteiger partial charge in [0.15, 0.2) is 0 Å². The number of carbonyl (C=O) groups is 1. The smallest absolute Gasteiger partial charge is 0.326 e. The summed E-state index contributed by atoms with van der Waals surface area (Å²) in [5, 5.41) is 2.04. The first-order valence-electron chi connectivity index (χ1n) is 6.92. The van der Waals surface area contributed by atoms with Gasteiger partial charge in [0.25, 0.3) is 0 Å². The van der Waals surface area contributed by atoms with Crippen LogP contribution in [0.15, 0.2) is 40.6 Å². The Morgan fingerprint density at radius 3 is 2.45 bits per heavy atom. The summed E-state index contributed by atoms with van der Waals surface area (Å²) in [5.74, 6) is -0.337. The van der Waals surface area contributed by atoms with Crippen LogP contribution in [0.5, 0.6) is 0 Å². The van der Waals surface area contributed by atoms with Gasteiger partial charge in [-0.05, 0) is 43.0 Å². The van der Waals surface area contributed by atoms with Gasteiger partial charge in [-0.3, -0.25) is 4.79 Å². The second-order valence-corrected chi connectivity index (χ2v) is 7.70. The summed E-state index contributed by atoms with van der Waals surface area (Å²) in [6, 6.07) is 8.95. The van der Waals surface area contributed by atoms with Crippen LogP contribution in [0.25, 0.3) is 0 Å². The largest absolute Gasteiger partial charge is 0.468 e. The van der Waals surface area contributed by atoms with Gasteiger partial charge in [0.1, 0.15) is 17.0 Å². The first-order chi connectivity index (χ1) is 10.5. The molecule has 1 aromatic heterocycles. The van der Waals surface area contributed by atoms with Crippen molar-refractivity contribution in [3.8, 4) is 0 Å². The Hall–Kier alpha value is -1.50. The van der Waals surface area contributed by atoms with E-state index in [4.69, 9.17) is 4.74 Å². The standard InChI is InChI=1S/C16H17NO3S2/c1-10-4-6-12(7-5-10)22(19)17-14(15(17)16(18)20-3)13-8-11(2)9-21-13/h4-9,14-15H,1-3H3. The fraction of sp³-hybridized carbons (Fsp3) is 0.312. The molecule has 2 aromatic rings. The zero-order valence-electron chi connectivity index (χ0n) is 12.6. The van der Waals surface area contributed by atoms with Gasteiger partial charge in [-0.15, -0.1) is 11.3 Å². The van der Waals surface area contributed by atoms with E-state index in [1.54, 1.807) is 15.6 Å². The molecule has 1 saturated heterocycles. The van der Waals surface area contributed by atoms with Crippen molar-refractivity contribution in [2.75, 3.05) is 7.11 Å². The number of aryl methyl sites for hydroxylation is 2. The normalized spacial score (nSPS) is 24.8. The van der Waals surface area contributed by atoms with Crippen molar-refractivity contribution in [3.63, 3.8) is 0 Å². The van der Waals surface area contributed by atoms with E-state index in [-0.39, 0.29) is 12.0 Å². The molecular formula is C16H17NO3S2. The van der Waals surface area contributed by atoms with Crippen LogP contribution in [0.3, 0.4) is 0 Å². The third-order valence-electron chi connectivity index (χ3n) is 3.66. The topological polar surface area (TPSA) is 46.4 Å². The Balaban J connectivity index is 1.88. The van der Waals surface area contributed by atoms with E-state index in [2.05, 4.69) is 0 Å². The first kappa shape index (κ1) is 15.4. The SMILES string of the molecule is COC(=O)C1C(c2cc(C)cs2)N1S(=O)c1ccc(C)cc1. The van der Waals surface area contributed by atoms with Gasteiger partial charge in [-0.2, -0.15) is 4.31 Å². The molecule has 0 bridgehead atoms. The zero-order chi connectivity index (χ0) is 15.9. The first-order valence-corrected chi connectivity index (χ1v) is 8.91. The van der Waals surface area contributed by atoms with Gasteiger partial charge in [-0.25, -0.2) is 4.21 Å². The van der Waals surface area contributed by atoms with E-state index < -0.39 is 17.0 Å². The number of carbonyl (C=O) groups excluding carboxylic acids is 1. The predicted molar refractivity (Wildman–Crippen MR) is 87.0 cm³/mol. The average molecular weight is 335 g/mol. The molecule has 0 radical (unpaired) electrons. The molecule has 3 rings (SSSR count). The van der Waals surface area contributed by atoms with Gasteiger partial charge < -0.3 is 4.74 Å². The van der Waals surface area contributed by atoms with Crippen molar-refractivity contribution in [1.82, 2.24) is 4.31 Å². The maximum atomic E-state index is 12.8. The summed E-state index contributed by atoms with van der Waals surface area (Å²) < 4.78 is 19.3. The van der Waals surface area contributed by atoms with Gasteiger partial charge >= 0.3 is 5.97 Å². The third kappa shape index (κ3) is 2.74. The number of benzene rings is 1. The number of nitrogens with zero attached hydrogens (tertiary/aromatic N) is 1. The average Bonchev–Trinajstić information content (AvgIpc) is 3.12. The molecule has 1 aliphatic rings. The Bertz CT molecular complexity index is 723. The summed E-state index contributed by atoms with van der Waals surface area (Å²) in [4.78, 5) is 13.7. The van der Waals surface area contributed by atoms with Crippen LogP contribution in [0.4, 0.5) is 0 Å². The lowest BCUT2D eigenvalue weighted by Gasteiger charge is -2.04. The quantitative estimate of drug-likeness (QED) is 0.637. The van der Waals surface area contributed by atoms with E-state index in [9.17, 15) is 9.00 Å². The van der Waals surface area contributed by atoms with Gasteiger partial charge in [-0.1, -0.05) is 17.7 Å². The van der Waals surface area contributed by atoms with E-state index in [0.717, 1.165) is 16.0 Å². The summed E-state index contributed by atoms with van der Waals surface area (Å²) in [6.45, 7) is 4.00. The summed E-state index contributed by atoms with van der Waals surface area (Å²) in [5.41, 5.74) is 2.26. The van der Waals surface area contributed by atoms with Crippen molar-refractivity contribution in [3.05, 3.63) is 51.7 Å². The Kier molecular flexibility index (Phi) is 4.16. The Morgan fingerprint density at radius 2 is 1.91 bits per heavy atom. The number of hydrogen-bond donors (Lipinski definition) is 0. The predicted octanol–water partition coefficient (Wildman–Crippen LogP) is 2.99. The fourth-order valence-corrected chi connectivity index (χ4v) is 4.93. The molecule has 0 saturated carbocycles. The van der Waals surface area contributed by atoms with Crippen LogP contribution < -0.4 is 0 Å². The maximum absolute atomic E-state index is 12.8. The van der Waals surface area contributed by atoms with E-state index in [0.29, 0.717) is 4.90 Å². The third-order valence-corrected chi connectivity index (χ3v) is 6.29. The number of rotatable bonds is 4. The number of esters is 1. The molecule has 4 nitrogen and oxygen atoms in total. The number of hydrogen-bond acceptors (Lipinski definition) is 4. The van der Waals surface area contributed by atoms with Crippen molar-refractivity contribution in [2.45, 2.75) is 30.8 Å². The lowest BCUT2D eigenvalue weighted by molar-refractivity contribution is -0.140. The van der Waals surface area contributed by atoms with Crippen LogP contribution >= 0.6 is 11.3 Å². The minimum absolute atomic E-state index is 0.159. The van der Waals surface area contributed by atoms with E-state index in [1.165, 1.54) is 7.11 Å². The molecular weight excluding hydrogens is 318 g/mol. The van der Waals surface area contributed by atoms with E-state index in [1.807, 2.05) is 49.6 Å². The molecule has 1 aromatic carbocycles. The molecule has 0 amide bonds. The Labute approximate surface area is 136 Å². The second kappa shape index (κ2) is 5.95. The molecule has 1 aliphatic heterocycles. The van der Waals surface area contributed by atoms with E-state index >= 15 is 0 Å². The summed E-state index contributed by atoms with van der Waals surface area (Å²) >= 11 is 1.59. The van der Waals surface area contributed by atoms with Crippen LogP contribution in [0.2, 0.25) is 0 Å². The highest BCUT2D eigenvalue weighted by Gasteiger charge is 2.58. The van der Waals surface area contributed by atoms with Crippen molar-refractivity contribution in [2.24, 2.45) is 0 Å². The fourth-order valence-electron chi connectivity index (χ4n) is 2.44. The molecule has 116 valence electrons. The zero-order valence-corrected chi connectivity index (χ0v) is 14.2. The number of methoxy groups -OCH3 is 1. The van der Waals surface area contributed by atoms with Crippen molar-refractivity contribution < 1.29 is 13.7 Å². The molecule has 0 N–H and O–H groups in total. The minimum Gasteiger partial charge on any atom is -0.468 e. The highest BCUT2D eigenvalue weighted by atomic mass is 32.2. The molecule has 0 aliphatic carbocycles. The van der Waals surface area contributed by atoms with Crippen LogP contribution in [-0.2, 0) is 20.5 Å². The molecule has 4 unspecified atom stereocenters. The molecule has 1 fully saturated rings.